The van der Waals surface area contributed by atoms with Crippen molar-refractivity contribution in [1.82, 2.24) is 5.32 Å². The number of phenolic OH excluding ortho intramolecular Hbond substituents is 2. The minimum Gasteiger partial charge on any atom is -0.504 e. The summed E-state index contributed by atoms with van der Waals surface area (Å²) in [7, 11) is 0. The first-order valence-corrected chi connectivity index (χ1v) is 7.65. The van der Waals surface area contributed by atoms with Crippen LogP contribution in [0.15, 0.2) is 36.4 Å². The highest BCUT2D eigenvalue weighted by molar-refractivity contribution is 5.96. The Morgan fingerprint density at radius 2 is 1.96 bits per heavy atom. The zero-order chi connectivity index (χ0) is 16.4. The molecule has 1 unspecified atom stereocenters. The quantitative estimate of drug-likeness (QED) is 0.650. The van der Waals surface area contributed by atoms with Gasteiger partial charge in [-0.05, 0) is 54.2 Å². The molecule has 120 valence electrons. The van der Waals surface area contributed by atoms with Crippen molar-refractivity contribution in [1.29, 1.82) is 0 Å². The van der Waals surface area contributed by atoms with E-state index in [1.807, 2.05) is 12.1 Å². The van der Waals surface area contributed by atoms with E-state index in [1.165, 1.54) is 23.8 Å². The maximum atomic E-state index is 12.3. The van der Waals surface area contributed by atoms with E-state index in [0.717, 1.165) is 24.8 Å². The highest BCUT2D eigenvalue weighted by Crippen LogP contribution is 2.28. The van der Waals surface area contributed by atoms with E-state index in [4.69, 9.17) is 0 Å². The Hall–Kier alpha value is -2.53. The molecule has 0 radical (unpaired) electrons. The number of amides is 1. The molecule has 0 saturated heterocycles. The number of phenols is 2. The van der Waals surface area contributed by atoms with Gasteiger partial charge in [0.05, 0.1) is 6.10 Å². The number of rotatable bonds is 4. The van der Waals surface area contributed by atoms with E-state index < -0.39 is 6.10 Å². The van der Waals surface area contributed by atoms with Crippen molar-refractivity contribution in [3.8, 4) is 11.5 Å². The third-order valence-corrected chi connectivity index (χ3v) is 4.23. The van der Waals surface area contributed by atoms with Gasteiger partial charge in [-0.15, -0.1) is 0 Å². The first kappa shape index (κ1) is 15.4. The lowest BCUT2D eigenvalue weighted by Gasteiger charge is -2.14. The maximum Gasteiger partial charge on any atom is 0.251 e. The SMILES string of the molecule is O=C(NCC(O)c1ccc(O)c(O)c1)c1cccc2c1CCC2. The van der Waals surface area contributed by atoms with Crippen LogP contribution in [-0.2, 0) is 12.8 Å². The van der Waals surface area contributed by atoms with Gasteiger partial charge in [-0.25, -0.2) is 0 Å². The number of nitrogens with one attached hydrogen (secondary N) is 1. The minimum absolute atomic E-state index is 0.0344. The number of aromatic hydroxyl groups is 2. The predicted molar refractivity (Wildman–Crippen MR) is 85.5 cm³/mol. The fourth-order valence-corrected chi connectivity index (χ4v) is 2.98. The molecule has 0 aromatic heterocycles. The van der Waals surface area contributed by atoms with Crippen molar-refractivity contribution in [2.75, 3.05) is 6.54 Å². The molecular formula is C18H19NO4. The van der Waals surface area contributed by atoms with Gasteiger partial charge < -0.3 is 20.6 Å². The summed E-state index contributed by atoms with van der Waals surface area (Å²) in [5, 5.41) is 31.6. The van der Waals surface area contributed by atoms with Crippen LogP contribution in [0.2, 0.25) is 0 Å². The Morgan fingerprint density at radius 3 is 2.74 bits per heavy atom. The Bertz CT molecular complexity index is 742. The number of hydrogen-bond donors (Lipinski definition) is 4. The third kappa shape index (κ3) is 3.14. The van der Waals surface area contributed by atoms with Gasteiger partial charge in [0.2, 0.25) is 0 Å². The maximum absolute atomic E-state index is 12.3. The summed E-state index contributed by atoms with van der Waals surface area (Å²) in [6, 6.07) is 9.83. The summed E-state index contributed by atoms with van der Waals surface area (Å²) in [5.74, 6) is -0.746. The van der Waals surface area contributed by atoms with E-state index in [0.29, 0.717) is 11.1 Å². The summed E-state index contributed by atoms with van der Waals surface area (Å²) >= 11 is 0. The molecule has 5 heteroatoms. The molecule has 1 aliphatic rings. The third-order valence-electron chi connectivity index (χ3n) is 4.23. The molecule has 3 rings (SSSR count). The molecule has 2 aromatic carbocycles. The van der Waals surface area contributed by atoms with Gasteiger partial charge in [0.15, 0.2) is 11.5 Å². The molecule has 1 aliphatic carbocycles. The van der Waals surface area contributed by atoms with Gasteiger partial charge in [-0.1, -0.05) is 18.2 Å². The number of aryl methyl sites for hydroxylation is 1. The number of carbonyl (C=O) groups is 1. The minimum atomic E-state index is -0.956. The van der Waals surface area contributed by atoms with Crippen molar-refractivity contribution in [3.05, 3.63) is 58.7 Å². The smallest absolute Gasteiger partial charge is 0.251 e. The molecule has 0 aliphatic heterocycles. The molecule has 0 heterocycles. The van der Waals surface area contributed by atoms with Gasteiger partial charge in [0.25, 0.3) is 5.91 Å². The molecule has 2 aromatic rings. The normalized spacial score (nSPS) is 14.3. The second-order valence-corrected chi connectivity index (χ2v) is 5.77. The Kier molecular flexibility index (Phi) is 4.21. The molecule has 5 nitrogen and oxygen atoms in total. The lowest BCUT2D eigenvalue weighted by atomic mass is 10.0. The lowest BCUT2D eigenvalue weighted by Crippen LogP contribution is -2.29. The van der Waals surface area contributed by atoms with Crippen LogP contribution in [0.4, 0.5) is 0 Å². The van der Waals surface area contributed by atoms with Crippen LogP contribution in [0.5, 0.6) is 11.5 Å². The molecule has 4 N–H and O–H groups in total. The van der Waals surface area contributed by atoms with Crippen LogP contribution in [0.3, 0.4) is 0 Å². The molecular weight excluding hydrogens is 294 g/mol. The first-order chi connectivity index (χ1) is 11.1. The molecule has 0 bridgehead atoms. The van der Waals surface area contributed by atoms with E-state index in [9.17, 15) is 20.1 Å². The Morgan fingerprint density at radius 1 is 1.13 bits per heavy atom. The molecule has 1 atom stereocenters. The average molecular weight is 313 g/mol. The van der Waals surface area contributed by atoms with Gasteiger partial charge in [0.1, 0.15) is 0 Å². The van der Waals surface area contributed by atoms with Crippen LogP contribution < -0.4 is 5.32 Å². The number of hydrogen-bond acceptors (Lipinski definition) is 4. The number of benzene rings is 2. The van der Waals surface area contributed by atoms with Gasteiger partial charge >= 0.3 is 0 Å². The van der Waals surface area contributed by atoms with Crippen LogP contribution in [-0.4, -0.2) is 27.8 Å². The zero-order valence-electron chi connectivity index (χ0n) is 12.6. The number of fused-ring (bicyclic) bond motifs is 1. The van der Waals surface area contributed by atoms with Crippen LogP contribution >= 0.6 is 0 Å². The number of aliphatic hydroxyl groups excluding tert-OH is 1. The number of carbonyl (C=O) groups excluding carboxylic acids is 1. The van der Waals surface area contributed by atoms with Crippen molar-refractivity contribution in [2.45, 2.75) is 25.4 Å². The number of aliphatic hydroxyl groups is 1. The zero-order valence-corrected chi connectivity index (χ0v) is 12.6. The summed E-state index contributed by atoms with van der Waals surface area (Å²) in [4.78, 5) is 12.3. The van der Waals surface area contributed by atoms with Crippen molar-refractivity contribution >= 4 is 5.91 Å². The first-order valence-electron chi connectivity index (χ1n) is 7.65. The topological polar surface area (TPSA) is 89.8 Å². The molecule has 0 spiro atoms. The van der Waals surface area contributed by atoms with E-state index >= 15 is 0 Å². The molecule has 0 saturated carbocycles. The fourth-order valence-electron chi connectivity index (χ4n) is 2.98. The monoisotopic (exact) mass is 313 g/mol. The largest absolute Gasteiger partial charge is 0.504 e. The van der Waals surface area contributed by atoms with Crippen molar-refractivity contribution < 1.29 is 20.1 Å². The second-order valence-electron chi connectivity index (χ2n) is 5.77. The van der Waals surface area contributed by atoms with Gasteiger partial charge in [0, 0.05) is 12.1 Å². The molecule has 23 heavy (non-hydrogen) atoms. The van der Waals surface area contributed by atoms with E-state index in [1.54, 1.807) is 6.07 Å². The highest BCUT2D eigenvalue weighted by Gasteiger charge is 2.19. The molecule has 0 fully saturated rings. The summed E-state index contributed by atoms with van der Waals surface area (Å²) in [6.07, 6.45) is 2.02. The van der Waals surface area contributed by atoms with Crippen molar-refractivity contribution in [3.63, 3.8) is 0 Å². The van der Waals surface area contributed by atoms with Gasteiger partial charge in [-0.2, -0.15) is 0 Å². The predicted octanol–water partition coefficient (Wildman–Crippen LogP) is 2.05. The van der Waals surface area contributed by atoms with E-state index in [-0.39, 0.29) is 24.0 Å². The van der Waals surface area contributed by atoms with Crippen LogP contribution in [0, 0.1) is 0 Å². The summed E-state index contributed by atoms with van der Waals surface area (Å²) in [6.45, 7) is 0.0344. The standard InChI is InChI=1S/C18H19NO4/c20-15-8-7-12(9-16(15)21)17(22)10-19-18(23)14-6-2-4-11-3-1-5-13(11)14/h2,4,6-9,17,20-22H,1,3,5,10H2,(H,19,23). The molecule has 1 amide bonds. The van der Waals surface area contributed by atoms with E-state index in [2.05, 4.69) is 5.32 Å². The Labute approximate surface area is 134 Å². The van der Waals surface area contributed by atoms with Gasteiger partial charge in [-0.3, -0.25) is 4.79 Å². The average Bonchev–Trinajstić information content (AvgIpc) is 3.03. The fraction of sp³-hybridized carbons (Fsp3) is 0.278. The summed E-state index contributed by atoms with van der Waals surface area (Å²) < 4.78 is 0. The Balaban J connectivity index is 1.67. The van der Waals surface area contributed by atoms with Crippen LogP contribution in [0.1, 0.15) is 39.6 Å². The second kappa shape index (κ2) is 6.30. The highest BCUT2D eigenvalue weighted by atomic mass is 16.3. The van der Waals surface area contributed by atoms with Crippen molar-refractivity contribution in [2.24, 2.45) is 0 Å². The summed E-state index contributed by atoms with van der Waals surface area (Å²) in [5.41, 5.74) is 3.42. The lowest BCUT2D eigenvalue weighted by molar-refractivity contribution is 0.0915. The van der Waals surface area contributed by atoms with Crippen LogP contribution in [0.25, 0.3) is 0 Å².